The highest BCUT2D eigenvalue weighted by molar-refractivity contribution is 7.09. The van der Waals surface area contributed by atoms with E-state index in [0.717, 1.165) is 38.6 Å². The molecule has 1 aromatic rings. The van der Waals surface area contributed by atoms with Crippen molar-refractivity contribution in [2.75, 3.05) is 6.54 Å². The Kier molecular flexibility index (Phi) is 4.40. The molecule has 0 radical (unpaired) electrons. The molecule has 100 valence electrons. The normalized spacial score (nSPS) is 19.7. The summed E-state index contributed by atoms with van der Waals surface area (Å²) in [5.41, 5.74) is 5.52. The van der Waals surface area contributed by atoms with Crippen molar-refractivity contribution in [3.8, 4) is 0 Å². The molecule has 3 N–H and O–H groups in total. The summed E-state index contributed by atoms with van der Waals surface area (Å²) in [5, 5.41) is 5.11. The van der Waals surface area contributed by atoms with Crippen LogP contribution in [-0.2, 0) is 11.2 Å². The number of hydrogen-bond acceptors (Lipinski definition) is 3. The summed E-state index contributed by atoms with van der Waals surface area (Å²) in [6.45, 7) is 2.88. The van der Waals surface area contributed by atoms with E-state index in [1.807, 2.05) is 0 Å². The van der Waals surface area contributed by atoms with Gasteiger partial charge in [0, 0.05) is 11.4 Å². The zero-order valence-corrected chi connectivity index (χ0v) is 11.8. The van der Waals surface area contributed by atoms with E-state index in [9.17, 15) is 4.79 Å². The Hall–Kier alpha value is -0.870. The van der Waals surface area contributed by atoms with Crippen LogP contribution in [0.15, 0.2) is 17.5 Å². The summed E-state index contributed by atoms with van der Waals surface area (Å²) in [7, 11) is 0. The lowest BCUT2D eigenvalue weighted by molar-refractivity contribution is -0.126. The lowest BCUT2D eigenvalue weighted by Gasteiger charge is -2.23. The molecule has 0 saturated heterocycles. The molecule has 0 aliphatic heterocycles. The van der Waals surface area contributed by atoms with E-state index >= 15 is 0 Å². The third kappa shape index (κ3) is 3.33. The molecule has 1 unspecified atom stereocenters. The van der Waals surface area contributed by atoms with Gasteiger partial charge in [-0.2, -0.15) is 0 Å². The molecule has 1 aliphatic rings. The second-order valence-corrected chi connectivity index (χ2v) is 6.49. The molecule has 18 heavy (non-hydrogen) atoms. The number of hydrogen-bond donors (Lipinski definition) is 2. The minimum absolute atomic E-state index is 0.0398. The van der Waals surface area contributed by atoms with Crippen LogP contribution in [0, 0.1) is 5.92 Å². The van der Waals surface area contributed by atoms with Crippen LogP contribution in [0.1, 0.15) is 37.5 Å². The maximum atomic E-state index is 12.0. The van der Waals surface area contributed by atoms with E-state index in [-0.39, 0.29) is 5.91 Å². The van der Waals surface area contributed by atoms with Crippen LogP contribution in [0.2, 0.25) is 0 Å². The topological polar surface area (TPSA) is 55.1 Å². The SMILES string of the molecule is CC(CNC(=O)C1(N)CCCC1)Cc1cccs1. The Balaban J connectivity index is 1.75. The molecule has 1 saturated carbocycles. The first kappa shape index (κ1) is 13.6. The predicted octanol–water partition coefficient (Wildman–Crippen LogP) is 2.31. The van der Waals surface area contributed by atoms with Crippen molar-refractivity contribution in [1.29, 1.82) is 0 Å². The van der Waals surface area contributed by atoms with Gasteiger partial charge >= 0.3 is 0 Å². The first-order valence-corrected chi connectivity index (χ1v) is 7.58. The first-order valence-electron chi connectivity index (χ1n) is 6.70. The number of amides is 1. The van der Waals surface area contributed by atoms with E-state index in [1.165, 1.54) is 4.88 Å². The summed E-state index contributed by atoms with van der Waals surface area (Å²) in [6, 6.07) is 4.21. The minimum atomic E-state index is -0.595. The Morgan fingerprint density at radius 3 is 2.89 bits per heavy atom. The van der Waals surface area contributed by atoms with E-state index in [4.69, 9.17) is 5.73 Å². The van der Waals surface area contributed by atoms with Crippen LogP contribution in [-0.4, -0.2) is 18.0 Å². The number of nitrogens with two attached hydrogens (primary N) is 1. The Bertz CT molecular complexity index is 383. The molecule has 1 amide bonds. The molecule has 3 nitrogen and oxygen atoms in total. The van der Waals surface area contributed by atoms with Crippen LogP contribution in [0.3, 0.4) is 0 Å². The second kappa shape index (κ2) is 5.85. The maximum Gasteiger partial charge on any atom is 0.240 e. The smallest absolute Gasteiger partial charge is 0.240 e. The molecule has 1 atom stereocenters. The monoisotopic (exact) mass is 266 g/mol. The molecule has 1 aromatic heterocycles. The van der Waals surface area contributed by atoms with Crippen LogP contribution in [0.25, 0.3) is 0 Å². The van der Waals surface area contributed by atoms with Crippen LogP contribution >= 0.6 is 11.3 Å². The zero-order valence-electron chi connectivity index (χ0n) is 10.9. The standard InChI is InChI=1S/C14H22N2OS/c1-11(9-12-5-4-8-18-12)10-16-13(17)14(15)6-2-3-7-14/h4-5,8,11H,2-3,6-7,9-10,15H2,1H3,(H,16,17). The molecule has 0 spiro atoms. The Morgan fingerprint density at radius 2 is 2.28 bits per heavy atom. The molecule has 0 aromatic carbocycles. The predicted molar refractivity (Wildman–Crippen MR) is 75.6 cm³/mol. The van der Waals surface area contributed by atoms with Crippen LogP contribution in [0.5, 0.6) is 0 Å². The fourth-order valence-electron chi connectivity index (χ4n) is 2.52. The fraction of sp³-hybridized carbons (Fsp3) is 0.643. The Labute approximate surface area is 113 Å². The van der Waals surface area contributed by atoms with Crippen molar-refractivity contribution in [3.63, 3.8) is 0 Å². The van der Waals surface area contributed by atoms with Crippen molar-refractivity contribution in [2.45, 2.75) is 44.6 Å². The van der Waals surface area contributed by atoms with E-state index in [0.29, 0.717) is 5.92 Å². The quantitative estimate of drug-likeness (QED) is 0.859. The zero-order chi connectivity index (χ0) is 13.0. The lowest BCUT2D eigenvalue weighted by Crippen LogP contribution is -2.52. The van der Waals surface area contributed by atoms with Gasteiger partial charge in [-0.05, 0) is 36.6 Å². The van der Waals surface area contributed by atoms with Gasteiger partial charge in [0.25, 0.3) is 0 Å². The average Bonchev–Trinajstić information content (AvgIpc) is 2.98. The third-order valence-corrected chi connectivity index (χ3v) is 4.59. The number of carbonyl (C=O) groups is 1. The van der Waals surface area contributed by atoms with Gasteiger partial charge in [-0.25, -0.2) is 0 Å². The third-order valence-electron chi connectivity index (χ3n) is 3.69. The van der Waals surface area contributed by atoms with Gasteiger partial charge < -0.3 is 11.1 Å². The fourth-order valence-corrected chi connectivity index (χ4v) is 3.39. The van der Waals surface area contributed by atoms with E-state index in [1.54, 1.807) is 11.3 Å². The molecule has 4 heteroatoms. The van der Waals surface area contributed by atoms with Crippen molar-refractivity contribution < 1.29 is 4.79 Å². The highest BCUT2D eigenvalue weighted by Gasteiger charge is 2.36. The van der Waals surface area contributed by atoms with Gasteiger partial charge in [-0.15, -0.1) is 11.3 Å². The number of carbonyl (C=O) groups excluding carboxylic acids is 1. The van der Waals surface area contributed by atoms with Gasteiger partial charge in [-0.1, -0.05) is 25.8 Å². The molecular weight excluding hydrogens is 244 g/mol. The molecule has 2 rings (SSSR count). The van der Waals surface area contributed by atoms with Crippen LogP contribution < -0.4 is 11.1 Å². The van der Waals surface area contributed by atoms with Gasteiger partial charge in [-0.3, -0.25) is 4.79 Å². The number of nitrogens with one attached hydrogen (secondary N) is 1. The minimum Gasteiger partial charge on any atom is -0.354 e. The summed E-state index contributed by atoms with van der Waals surface area (Å²) in [4.78, 5) is 13.4. The highest BCUT2D eigenvalue weighted by atomic mass is 32.1. The van der Waals surface area contributed by atoms with Gasteiger partial charge in [0.15, 0.2) is 0 Å². The number of rotatable bonds is 5. The first-order chi connectivity index (χ1) is 8.60. The summed E-state index contributed by atoms with van der Waals surface area (Å²) >= 11 is 1.77. The van der Waals surface area contributed by atoms with Crippen molar-refractivity contribution >= 4 is 17.2 Å². The molecule has 1 heterocycles. The highest BCUT2D eigenvalue weighted by Crippen LogP contribution is 2.27. The van der Waals surface area contributed by atoms with Crippen molar-refractivity contribution in [1.82, 2.24) is 5.32 Å². The van der Waals surface area contributed by atoms with Crippen molar-refractivity contribution in [2.24, 2.45) is 11.7 Å². The van der Waals surface area contributed by atoms with Gasteiger partial charge in [0.1, 0.15) is 0 Å². The molecular formula is C14H22N2OS. The van der Waals surface area contributed by atoms with Gasteiger partial charge in [0.2, 0.25) is 5.91 Å². The molecule has 1 fully saturated rings. The maximum absolute atomic E-state index is 12.0. The second-order valence-electron chi connectivity index (χ2n) is 5.46. The van der Waals surface area contributed by atoms with Gasteiger partial charge in [0.05, 0.1) is 5.54 Å². The summed E-state index contributed by atoms with van der Waals surface area (Å²) in [6.07, 6.45) is 4.84. The summed E-state index contributed by atoms with van der Waals surface area (Å²) in [5.74, 6) is 0.496. The van der Waals surface area contributed by atoms with Crippen molar-refractivity contribution in [3.05, 3.63) is 22.4 Å². The molecule has 1 aliphatic carbocycles. The van der Waals surface area contributed by atoms with E-state index in [2.05, 4.69) is 29.8 Å². The summed E-state index contributed by atoms with van der Waals surface area (Å²) < 4.78 is 0. The average molecular weight is 266 g/mol. The number of thiophene rings is 1. The van der Waals surface area contributed by atoms with E-state index < -0.39 is 5.54 Å². The molecule has 0 bridgehead atoms. The van der Waals surface area contributed by atoms with Crippen LogP contribution in [0.4, 0.5) is 0 Å². The lowest BCUT2D eigenvalue weighted by atomic mass is 9.97. The largest absolute Gasteiger partial charge is 0.354 e. The Morgan fingerprint density at radius 1 is 1.56 bits per heavy atom.